The second-order valence-corrected chi connectivity index (χ2v) is 6.35. The Hall–Kier alpha value is -0.670. The summed E-state index contributed by atoms with van der Waals surface area (Å²) in [5.41, 5.74) is 3.11. The van der Waals surface area contributed by atoms with E-state index in [1.807, 2.05) is 12.1 Å². The summed E-state index contributed by atoms with van der Waals surface area (Å²) in [4.78, 5) is -0.0169. The van der Waals surface area contributed by atoms with Gasteiger partial charge < -0.3 is 0 Å². The molecule has 2 aromatic carbocycles. The van der Waals surface area contributed by atoms with Crippen molar-refractivity contribution in [2.24, 2.45) is 0 Å². The number of benzene rings is 2. The van der Waals surface area contributed by atoms with Crippen LogP contribution >= 0.6 is 31.9 Å². The van der Waals surface area contributed by atoms with Crippen LogP contribution in [0.25, 0.3) is 0 Å². The Labute approximate surface area is 123 Å². The third-order valence-electron chi connectivity index (χ3n) is 2.79. The highest BCUT2D eigenvalue weighted by atomic mass is 79.9. The second-order valence-electron chi connectivity index (χ2n) is 4.33. The van der Waals surface area contributed by atoms with Gasteiger partial charge in [-0.2, -0.15) is 0 Å². The Morgan fingerprint density at radius 2 is 1.94 bits per heavy atom. The fourth-order valence-corrected chi connectivity index (χ4v) is 3.01. The first-order valence-corrected chi connectivity index (χ1v) is 7.41. The molecule has 0 bridgehead atoms. The molecule has 0 radical (unpaired) electrons. The van der Waals surface area contributed by atoms with Crippen LogP contribution in [-0.4, -0.2) is 0 Å². The predicted molar refractivity (Wildman–Crippen MR) is 80.7 cm³/mol. The quantitative estimate of drug-likeness (QED) is 0.618. The topological polar surface area (TPSA) is 0 Å². The Bertz CT molecular complexity index is 552. The molecular formula is C15H13Br2F. The standard InChI is InChI=1S/C15H13Br2F/c1-10-3-2-4-11(7-10)8-14(17)13-9-12(16)5-6-15(13)18/h2-7,9,14H,8H2,1H3. The molecule has 0 aromatic heterocycles. The number of aryl methyl sites for hydroxylation is 1. The van der Waals surface area contributed by atoms with E-state index >= 15 is 0 Å². The minimum atomic E-state index is -0.173. The molecule has 0 aliphatic heterocycles. The van der Waals surface area contributed by atoms with E-state index in [-0.39, 0.29) is 10.6 Å². The summed E-state index contributed by atoms with van der Waals surface area (Å²) in [6, 6.07) is 13.3. The molecule has 94 valence electrons. The van der Waals surface area contributed by atoms with Crippen molar-refractivity contribution < 1.29 is 4.39 Å². The molecule has 0 amide bonds. The summed E-state index contributed by atoms with van der Waals surface area (Å²) >= 11 is 6.95. The maximum Gasteiger partial charge on any atom is 0.127 e. The van der Waals surface area contributed by atoms with E-state index < -0.39 is 0 Å². The van der Waals surface area contributed by atoms with Crippen molar-refractivity contribution in [3.8, 4) is 0 Å². The van der Waals surface area contributed by atoms with E-state index in [9.17, 15) is 4.39 Å². The molecule has 0 fully saturated rings. The van der Waals surface area contributed by atoms with Gasteiger partial charge in [0.25, 0.3) is 0 Å². The Morgan fingerprint density at radius 1 is 1.17 bits per heavy atom. The zero-order valence-electron chi connectivity index (χ0n) is 9.96. The summed E-state index contributed by atoms with van der Waals surface area (Å²) in [7, 11) is 0. The molecule has 18 heavy (non-hydrogen) atoms. The van der Waals surface area contributed by atoms with Crippen LogP contribution in [0, 0.1) is 12.7 Å². The van der Waals surface area contributed by atoms with Crippen LogP contribution in [0.3, 0.4) is 0 Å². The lowest BCUT2D eigenvalue weighted by molar-refractivity contribution is 0.607. The maximum absolute atomic E-state index is 13.8. The minimum Gasteiger partial charge on any atom is -0.207 e. The average Bonchev–Trinajstić information content (AvgIpc) is 2.32. The molecular weight excluding hydrogens is 359 g/mol. The van der Waals surface area contributed by atoms with Crippen LogP contribution < -0.4 is 0 Å². The van der Waals surface area contributed by atoms with Gasteiger partial charge >= 0.3 is 0 Å². The van der Waals surface area contributed by atoms with Gasteiger partial charge in [0.2, 0.25) is 0 Å². The summed E-state index contributed by atoms with van der Waals surface area (Å²) in [5.74, 6) is -0.173. The van der Waals surface area contributed by atoms with Gasteiger partial charge in [0, 0.05) is 14.9 Å². The molecule has 3 heteroatoms. The Morgan fingerprint density at radius 3 is 2.67 bits per heavy atom. The number of alkyl halides is 1. The molecule has 0 saturated heterocycles. The van der Waals surface area contributed by atoms with Gasteiger partial charge in [-0.3, -0.25) is 0 Å². The first-order chi connectivity index (χ1) is 8.56. The number of hydrogen-bond acceptors (Lipinski definition) is 0. The van der Waals surface area contributed by atoms with Crippen molar-refractivity contribution in [1.82, 2.24) is 0 Å². The van der Waals surface area contributed by atoms with E-state index in [1.54, 1.807) is 6.07 Å². The Balaban J connectivity index is 2.21. The Kier molecular flexibility index (Phi) is 4.57. The van der Waals surface area contributed by atoms with E-state index in [2.05, 4.69) is 57.0 Å². The first-order valence-electron chi connectivity index (χ1n) is 5.71. The van der Waals surface area contributed by atoms with Crippen molar-refractivity contribution in [1.29, 1.82) is 0 Å². The van der Waals surface area contributed by atoms with Crippen LogP contribution in [0.1, 0.15) is 21.5 Å². The third-order valence-corrected chi connectivity index (χ3v) is 4.10. The van der Waals surface area contributed by atoms with E-state index in [1.165, 1.54) is 17.2 Å². The largest absolute Gasteiger partial charge is 0.207 e. The molecule has 1 unspecified atom stereocenters. The van der Waals surface area contributed by atoms with Crippen LogP contribution in [0.4, 0.5) is 4.39 Å². The van der Waals surface area contributed by atoms with E-state index in [0.29, 0.717) is 5.56 Å². The van der Waals surface area contributed by atoms with Crippen LogP contribution in [-0.2, 0) is 6.42 Å². The number of rotatable bonds is 3. The second kappa shape index (κ2) is 5.98. The highest BCUT2D eigenvalue weighted by Crippen LogP contribution is 2.31. The molecule has 0 saturated carbocycles. The fraction of sp³-hybridized carbons (Fsp3) is 0.200. The highest BCUT2D eigenvalue weighted by molar-refractivity contribution is 9.10. The van der Waals surface area contributed by atoms with Crippen molar-refractivity contribution in [2.75, 3.05) is 0 Å². The van der Waals surface area contributed by atoms with Gasteiger partial charge in [-0.25, -0.2) is 4.39 Å². The molecule has 2 aromatic rings. The molecule has 1 atom stereocenters. The average molecular weight is 372 g/mol. The van der Waals surface area contributed by atoms with Crippen molar-refractivity contribution in [3.05, 3.63) is 69.4 Å². The summed E-state index contributed by atoms with van der Waals surface area (Å²) < 4.78 is 14.6. The molecule has 0 nitrogen and oxygen atoms in total. The van der Waals surface area contributed by atoms with E-state index in [0.717, 1.165) is 10.9 Å². The van der Waals surface area contributed by atoms with Gasteiger partial charge in [0.1, 0.15) is 5.82 Å². The third kappa shape index (κ3) is 3.42. The summed E-state index contributed by atoms with van der Waals surface area (Å²) in [5, 5.41) is 0. The number of halogens is 3. The number of hydrogen-bond donors (Lipinski definition) is 0. The van der Waals surface area contributed by atoms with Gasteiger partial charge in [0.15, 0.2) is 0 Å². The maximum atomic E-state index is 13.8. The lowest BCUT2D eigenvalue weighted by Crippen LogP contribution is -1.99. The molecule has 0 heterocycles. The van der Waals surface area contributed by atoms with Gasteiger partial charge in [-0.05, 0) is 37.1 Å². The monoisotopic (exact) mass is 370 g/mol. The minimum absolute atomic E-state index is 0.0169. The van der Waals surface area contributed by atoms with Crippen molar-refractivity contribution in [3.63, 3.8) is 0 Å². The predicted octanol–water partition coefficient (Wildman–Crippen LogP) is 5.58. The van der Waals surface area contributed by atoms with E-state index in [4.69, 9.17) is 0 Å². The summed E-state index contributed by atoms with van der Waals surface area (Å²) in [6.07, 6.45) is 0.773. The lowest BCUT2D eigenvalue weighted by atomic mass is 10.0. The van der Waals surface area contributed by atoms with Crippen LogP contribution in [0.5, 0.6) is 0 Å². The normalized spacial score (nSPS) is 12.4. The smallest absolute Gasteiger partial charge is 0.127 e. The molecule has 0 spiro atoms. The first kappa shape index (κ1) is 13.8. The van der Waals surface area contributed by atoms with Gasteiger partial charge in [-0.15, -0.1) is 0 Å². The van der Waals surface area contributed by atoms with Crippen LogP contribution in [0.15, 0.2) is 46.9 Å². The SMILES string of the molecule is Cc1cccc(CC(Br)c2cc(Br)ccc2F)c1. The molecule has 0 aliphatic rings. The highest BCUT2D eigenvalue weighted by Gasteiger charge is 2.13. The van der Waals surface area contributed by atoms with Gasteiger partial charge in [-0.1, -0.05) is 61.7 Å². The summed E-state index contributed by atoms with van der Waals surface area (Å²) in [6.45, 7) is 2.06. The fourth-order valence-electron chi connectivity index (χ4n) is 1.91. The molecule has 2 rings (SSSR count). The molecule has 0 N–H and O–H groups in total. The van der Waals surface area contributed by atoms with Gasteiger partial charge in [0.05, 0.1) is 0 Å². The zero-order chi connectivity index (χ0) is 13.1. The van der Waals surface area contributed by atoms with Crippen LogP contribution in [0.2, 0.25) is 0 Å². The lowest BCUT2D eigenvalue weighted by Gasteiger charge is -2.12. The molecule has 0 aliphatic carbocycles. The zero-order valence-corrected chi connectivity index (χ0v) is 13.1. The van der Waals surface area contributed by atoms with Crippen molar-refractivity contribution >= 4 is 31.9 Å². The van der Waals surface area contributed by atoms with Crippen molar-refractivity contribution in [2.45, 2.75) is 18.2 Å².